The van der Waals surface area contributed by atoms with Gasteiger partial charge in [-0.15, -0.1) is 0 Å². The van der Waals surface area contributed by atoms with Gasteiger partial charge in [0, 0.05) is 31.7 Å². The second-order valence-electron chi connectivity index (χ2n) is 10.9. The predicted molar refractivity (Wildman–Crippen MR) is 161 cm³/mol. The van der Waals surface area contributed by atoms with Crippen LogP contribution in [-0.2, 0) is 14.3 Å². The summed E-state index contributed by atoms with van der Waals surface area (Å²) in [6.45, 7) is 10.0. The third kappa shape index (κ3) is 7.08. The van der Waals surface area contributed by atoms with Gasteiger partial charge < -0.3 is 33.7 Å². The van der Waals surface area contributed by atoms with Crippen molar-refractivity contribution in [2.24, 2.45) is 0 Å². The highest BCUT2D eigenvalue weighted by Crippen LogP contribution is 2.43. The Kier molecular flexibility index (Phi) is 10.4. The van der Waals surface area contributed by atoms with Crippen LogP contribution in [0, 0.1) is 0 Å². The van der Waals surface area contributed by atoms with E-state index in [0.29, 0.717) is 86.7 Å². The normalized spacial score (nSPS) is 20.0. The van der Waals surface area contributed by atoms with Gasteiger partial charge in [0.15, 0.2) is 23.0 Å². The molecule has 1 N–H and O–H groups in total. The number of fused-ring (bicyclic) bond motifs is 1. The van der Waals surface area contributed by atoms with E-state index in [1.165, 1.54) is 0 Å². The second-order valence-corrected chi connectivity index (χ2v) is 10.9. The molecule has 0 spiro atoms. The molecule has 3 aliphatic rings. The Labute approximate surface area is 253 Å². The summed E-state index contributed by atoms with van der Waals surface area (Å²) >= 11 is 0. The number of ketones is 1. The van der Waals surface area contributed by atoms with Crippen LogP contribution < -0.4 is 18.9 Å². The van der Waals surface area contributed by atoms with Crippen LogP contribution in [0.4, 0.5) is 0 Å². The van der Waals surface area contributed by atoms with Gasteiger partial charge in [0.2, 0.25) is 0 Å². The average Bonchev–Trinajstić information content (AvgIpc) is 3.29. The first-order valence-electron chi connectivity index (χ1n) is 15.4. The van der Waals surface area contributed by atoms with E-state index in [4.69, 9.17) is 23.7 Å². The van der Waals surface area contributed by atoms with Gasteiger partial charge in [-0.1, -0.05) is 25.8 Å². The highest BCUT2D eigenvalue weighted by Gasteiger charge is 2.46. The van der Waals surface area contributed by atoms with Gasteiger partial charge in [-0.05, 0) is 55.7 Å². The summed E-state index contributed by atoms with van der Waals surface area (Å²) in [6.07, 6.45) is 3.77. The van der Waals surface area contributed by atoms with Crippen molar-refractivity contribution in [3.63, 3.8) is 0 Å². The Morgan fingerprint density at radius 2 is 1.67 bits per heavy atom. The van der Waals surface area contributed by atoms with Crippen LogP contribution in [0.2, 0.25) is 0 Å². The van der Waals surface area contributed by atoms with Crippen molar-refractivity contribution in [3.8, 4) is 23.0 Å². The molecule has 0 unspecified atom stereocenters. The summed E-state index contributed by atoms with van der Waals surface area (Å²) in [4.78, 5) is 31.0. The molecule has 1 atom stereocenters. The summed E-state index contributed by atoms with van der Waals surface area (Å²) < 4.78 is 28.8. The summed E-state index contributed by atoms with van der Waals surface area (Å²) in [6, 6.07) is 9.71. The van der Waals surface area contributed by atoms with Crippen molar-refractivity contribution in [1.82, 2.24) is 9.80 Å². The third-order valence-electron chi connectivity index (χ3n) is 7.92. The van der Waals surface area contributed by atoms with E-state index in [-0.39, 0.29) is 11.3 Å². The zero-order valence-electron chi connectivity index (χ0n) is 25.1. The zero-order chi connectivity index (χ0) is 30.2. The van der Waals surface area contributed by atoms with Gasteiger partial charge in [-0.3, -0.25) is 14.5 Å². The molecule has 0 bridgehead atoms. The lowest BCUT2D eigenvalue weighted by Gasteiger charge is -2.29. The number of carbonyl (C=O) groups excluding carboxylic acids is 2. The fourth-order valence-corrected chi connectivity index (χ4v) is 5.71. The van der Waals surface area contributed by atoms with Crippen molar-refractivity contribution in [1.29, 1.82) is 0 Å². The Balaban J connectivity index is 1.50. The molecule has 3 heterocycles. The van der Waals surface area contributed by atoms with Crippen LogP contribution in [0.3, 0.4) is 0 Å². The molecule has 0 radical (unpaired) electrons. The van der Waals surface area contributed by atoms with E-state index in [1.807, 2.05) is 25.1 Å². The average molecular weight is 595 g/mol. The molecule has 2 aromatic carbocycles. The molecule has 3 aliphatic heterocycles. The summed E-state index contributed by atoms with van der Waals surface area (Å²) in [5, 5.41) is 11.6. The Morgan fingerprint density at radius 3 is 2.44 bits per heavy atom. The van der Waals surface area contributed by atoms with Crippen LogP contribution in [0.1, 0.15) is 56.7 Å². The monoisotopic (exact) mass is 594 g/mol. The molecule has 5 rings (SSSR count). The molecule has 2 fully saturated rings. The van der Waals surface area contributed by atoms with Gasteiger partial charge in [0.25, 0.3) is 11.7 Å². The molecular weight excluding hydrogens is 552 g/mol. The number of morpholine rings is 1. The van der Waals surface area contributed by atoms with Gasteiger partial charge in [0.05, 0.1) is 38.0 Å². The molecule has 1 amide bonds. The Bertz CT molecular complexity index is 1320. The molecule has 2 saturated heterocycles. The number of hydrogen-bond acceptors (Lipinski definition) is 9. The second kappa shape index (κ2) is 14.6. The molecule has 43 heavy (non-hydrogen) atoms. The number of hydrogen-bond donors (Lipinski definition) is 1. The van der Waals surface area contributed by atoms with Crippen LogP contribution in [0.15, 0.2) is 42.0 Å². The number of ether oxygens (including phenoxy) is 5. The minimum Gasteiger partial charge on any atom is -0.507 e. The van der Waals surface area contributed by atoms with E-state index in [0.717, 1.165) is 38.9 Å². The fourth-order valence-electron chi connectivity index (χ4n) is 5.71. The molecule has 10 nitrogen and oxygen atoms in total. The molecule has 0 aromatic heterocycles. The maximum Gasteiger partial charge on any atom is 0.295 e. The number of aliphatic hydroxyl groups excluding tert-OH is 1. The first-order valence-corrected chi connectivity index (χ1v) is 15.4. The van der Waals surface area contributed by atoms with E-state index >= 15 is 0 Å². The number of carbonyl (C=O) groups is 2. The summed E-state index contributed by atoms with van der Waals surface area (Å²) in [5.41, 5.74) is 1.07. The number of likely N-dealkylation sites (tertiary alicyclic amines) is 1. The molecule has 0 saturated carbocycles. The maximum atomic E-state index is 13.6. The number of benzene rings is 2. The van der Waals surface area contributed by atoms with Gasteiger partial charge in [-0.2, -0.15) is 0 Å². The minimum absolute atomic E-state index is 0.0344. The molecule has 0 aliphatic carbocycles. The summed E-state index contributed by atoms with van der Waals surface area (Å²) in [5.74, 6) is 0.584. The van der Waals surface area contributed by atoms with Crippen molar-refractivity contribution < 1.29 is 38.4 Å². The lowest BCUT2D eigenvalue weighted by atomic mass is 9.94. The van der Waals surface area contributed by atoms with Crippen LogP contribution in [0.25, 0.3) is 5.76 Å². The fraction of sp³-hybridized carbons (Fsp3) is 0.515. The summed E-state index contributed by atoms with van der Waals surface area (Å²) in [7, 11) is 0. The number of Topliss-reactive ketones (excluding diaryl/α,β-unsaturated/α-hetero) is 1. The van der Waals surface area contributed by atoms with Crippen molar-refractivity contribution >= 4 is 17.4 Å². The van der Waals surface area contributed by atoms with Gasteiger partial charge >= 0.3 is 0 Å². The van der Waals surface area contributed by atoms with Crippen LogP contribution in [-0.4, -0.2) is 92.4 Å². The van der Waals surface area contributed by atoms with Crippen molar-refractivity contribution in [3.05, 3.63) is 53.1 Å². The third-order valence-corrected chi connectivity index (χ3v) is 7.92. The largest absolute Gasteiger partial charge is 0.507 e. The predicted octanol–water partition coefficient (Wildman–Crippen LogP) is 4.57. The lowest BCUT2D eigenvalue weighted by molar-refractivity contribution is -0.140. The first kappa shape index (κ1) is 30.7. The highest BCUT2D eigenvalue weighted by atomic mass is 16.6. The molecular formula is C33H42N2O8. The van der Waals surface area contributed by atoms with Crippen LogP contribution in [0.5, 0.6) is 23.0 Å². The first-order chi connectivity index (χ1) is 21.0. The SMILES string of the molecule is CCCCCOc1ccc([C@H]2C(=C(O)c3ccc4c(c3)OCCO4)C(=O)C(=O)N2CCCN2CCOCC2)cc1OCC. The quantitative estimate of drug-likeness (QED) is 0.154. The zero-order valence-corrected chi connectivity index (χ0v) is 25.1. The van der Waals surface area contributed by atoms with E-state index in [9.17, 15) is 14.7 Å². The van der Waals surface area contributed by atoms with Crippen molar-refractivity contribution in [2.75, 3.05) is 65.8 Å². The standard InChI is InChI=1S/C33H42N2O8/c1-3-5-6-16-41-25-10-8-23(21-27(25)40-4-2)30-29(31(36)24-9-11-26-28(22-24)43-20-19-42-26)32(37)33(38)35(30)13-7-12-34-14-17-39-18-15-34/h8-11,21-22,30,36H,3-7,12-20H2,1-2H3/t30-/m0/s1. The van der Waals surface area contributed by atoms with Gasteiger partial charge in [-0.25, -0.2) is 0 Å². The van der Waals surface area contributed by atoms with E-state index < -0.39 is 17.7 Å². The Morgan fingerprint density at radius 1 is 0.884 bits per heavy atom. The Hall–Kier alpha value is -3.76. The number of unbranched alkanes of at least 4 members (excludes halogenated alkanes) is 2. The molecule has 232 valence electrons. The number of aliphatic hydroxyl groups is 1. The smallest absolute Gasteiger partial charge is 0.295 e. The molecule has 2 aromatic rings. The maximum absolute atomic E-state index is 13.6. The number of rotatable bonds is 13. The topological polar surface area (TPSA) is 107 Å². The minimum atomic E-state index is -0.800. The number of nitrogens with zero attached hydrogens (tertiary/aromatic N) is 2. The van der Waals surface area contributed by atoms with E-state index in [1.54, 1.807) is 23.1 Å². The molecule has 10 heteroatoms. The van der Waals surface area contributed by atoms with E-state index in [2.05, 4.69) is 11.8 Å². The van der Waals surface area contributed by atoms with Crippen molar-refractivity contribution in [2.45, 2.75) is 45.6 Å². The highest BCUT2D eigenvalue weighted by molar-refractivity contribution is 6.46. The number of amides is 1. The lowest BCUT2D eigenvalue weighted by Crippen LogP contribution is -2.39. The van der Waals surface area contributed by atoms with Crippen LogP contribution >= 0.6 is 0 Å². The van der Waals surface area contributed by atoms with Gasteiger partial charge in [0.1, 0.15) is 19.0 Å².